The average Bonchev–Trinajstić information content (AvgIpc) is 3.08. The Hall–Kier alpha value is -4.45. The number of carbonyl (C=O) groups excluding carboxylic acids is 2. The minimum absolute atomic E-state index is 0.0286. The molecule has 0 radical (unpaired) electrons. The van der Waals surface area contributed by atoms with E-state index in [4.69, 9.17) is 4.74 Å². The molecule has 5 rings (SSSR count). The van der Waals surface area contributed by atoms with Crippen molar-refractivity contribution in [3.63, 3.8) is 0 Å². The first-order valence-corrected chi connectivity index (χ1v) is 16.3. The van der Waals surface area contributed by atoms with Gasteiger partial charge in [0.25, 0.3) is 0 Å². The highest BCUT2D eigenvalue weighted by molar-refractivity contribution is 7.89. The fraction of sp³-hybridized carbons (Fsp3) is 0.294. The number of sulfonamides is 1. The van der Waals surface area contributed by atoms with E-state index in [9.17, 15) is 23.1 Å². The molecule has 4 aromatic carbocycles. The lowest BCUT2D eigenvalue weighted by molar-refractivity contribution is -0.134. The summed E-state index contributed by atoms with van der Waals surface area (Å²) in [6.45, 7) is 3.73. The molecule has 11 heteroatoms. The SMILES string of the molecule is C[C@@H]1CN([C@@H](C)CO)C(=O)Cc2cc(NC(=O)Nc3cccc4ccccc34)ccc2O[C@H]1CN(C)S(=O)(=O)c1ccccc1. The molecule has 3 amide bonds. The smallest absolute Gasteiger partial charge is 0.323 e. The van der Waals surface area contributed by atoms with Crippen LogP contribution < -0.4 is 15.4 Å². The molecule has 0 aromatic heterocycles. The van der Waals surface area contributed by atoms with Gasteiger partial charge in [-0.1, -0.05) is 61.5 Å². The van der Waals surface area contributed by atoms with Crippen molar-refractivity contribution < 1.29 is 27.9 Å². The first-order chi connectivity index (χ1) is 21.6. The second-order valence-corrected chi connectivity index (χ2v) is 13.5. The number of ether oxygens (including phenoxy) is 1. The third kappa shape index (κ3) is 7.28. The molecule has 1 aliphatic heterocycles. The quantitative estimate of drug-likeness (QED) is 0.253. The van der Waals surface area contributed by atoms with E-state index in [1.165, 1.54) is 11.4 Å². The van der Waals surface area contributed by atoms with Crippen molar-refractivity contribution in [3.8, 4) is 5.75 Å². The van der Waals surface area contributed by atoms with Crippen molar-refractivity contribution in [3.05, 3.63) is 96.6 Å². The van der Waals surface area contributed by atoms with Crippen LogP contribution in [-0.4, -0.2) is 73.6 Å². The zero-order chi connectivity index (χ0) is 32.1. The molecule has 0 spiro atoms. The topological polar surface area (TPSA) is 128 Å². The first kappa shape index (κ1) is 32.0. The lowest BCUT2D eigenvalue weighted by Gasteiger charge is -2.33. The van der Waals surface area contributed by atoms with E-state index in [1.807, 2.05) is 49.4 Å². The minimum atomic E-state index is -3.80. The molecule has 45 heavy (non-hydrogen) atoms. The number of hydrogen-bond donors (Lipinski definition) is 3. The summed E-state index contributed by atoms with van der Waals surface area (Å²) in [5, 5.41) is 17.6. The van der Waals surface area contributed by atoms with Crippen LogP contribution in [0.15, 0.2) is 95.9 Å². The van der Waals surface area contributed by atoms with Crippen LogP contribution in [0.2, 0.25) is 0 Å². The van der Waals surface area contributed by atoms with Gasteiger partial charge in [-0.25, -0.2) is 13.2 Å². The summed E-state index contributed by atoms with van der Waals surface area (Å²) in [6, 6.07) is 25.7. The molecule has 0 aliphatic carbocycles. The Morgan fingerprint density at radius 2 is 1.73 bits per heavy atom. The van der Waals surface area contributed by atoms with E-state index in [-0.39, 0.29) is 42.8 Å². The molecule has 236 valence electrons. The van der Waals surface area contributed by atoms with Gasteiger partial charge in [0.1, 0.15) is 11.9 Å². The predicted octanol–water partition coefficient (Wildman–Crippen LogP) is 4.95. The zero-order valence-corrected chi connectivity index (χ0v) is 26.3. The Balaban J connectivity index is 1.41. The maximum atomic E-state index is 13.6. The molecule has 3 N–H and O–H groups in total. The number of benzene rings is 4. The van der Waals surface area contributed by atoms with Crippen LogP contribution in [0.5, 0.6) is 5.75 Å². The van der Waals surface area contributed by atoms with Gasteiger partial charge in [-0.2, -0.15) is 4.31 Å². The predicted molar refractivity (Wildman–Crippen MR) is 175 cm³/mol. The van der Waals surface area contributed by atoms with Gasteiger partial charge >= 0.3 is 6.03 Å². The van der Waals surface area contributed by atoms with Gasteiger partial charge in [-0.3, -0.25) is 4.79 Å². The number of rotatable bonds is 8. The lowest BCUT2D eigenvalue weighted by Crippen LogP contribution is -2.48. The number of likely N-dealkylation sites (N-methyl/N-ethyl adjacent to an activating group) is 1. The van der Waals surface area contributed by atoms with Gasteiger partial charge in [-0.15, -0.1) is 0 Å². The fourth-order valence-electron chi connectivity index (χ4n) is 5.47. The van der Waals surface area contributed by atoms with E-state index in [0.29, 0.717) is 22.7 Å². The third-order valence-corrected chi connectivity index (χ3v) is 9.94. The summed E-state index contributed by atoms with van der Waals surface area (Å²) in [7, 11) is -2.29. The first-order valence-electron chi connectivity index (χ1n) is 14.8. The fourth-order valence-corrected chi connectivity index (χ4v) is 6.67. The maximum Gasteiger partial charge on any atom is 0.323 e. The van der Waals surface area contributed by atoms with E-state index in [2.05, 4.69) is 10.6 Å². The number of urea groups is 1. The van der Waals surface area contributed by atoms with E-state index < -0.39 is 28.2 Å². The molecule has 0 fully saturated rings. The van der Waals surface area contributed by atoms with Crippen LogP contribution >= 0.6 is 0 Å². The van der Waals surface area contributed by atoms with Gasteiger partial charge in [-0.05, 0) is 48.7 Å². The molecule has 1 heterocycles. The molecule has 4 aromatic rings. The molecule has 0 bridgehead atoms. The van der Waals surface area contributed by atoms with Crippen LogP contribution in [0.25, 0.3) is 10.8 Å². The Morgan fingerprint density at radius 3 is 2.49 bits per heavy atom. The molecular formula is C34H38N4O6S. The van der Waals surface area contributed by atoms with Crippen molar-refractivity contribution in [1.82, 2.24) is 9.21 Å². The summed E-state index contributed by atoms with van der Waals surface area (Å²) in [6.07, 6.45) is -0.655. The van der Waals surface area contributed by atoms with Gasteiger partial charge in [0.15, 0.2) is 0 Å². The monoisotopic (exact) mass is 630 g/mol. The number of anilines is 2. The summed E-state index contributed by atoms with van der Waals surface area (Å²) < 4.78 is 34.4. The number of fused-ring (bicyclic) bond motifs is 2. The normalized spacial score (nSPS) is 17.9. The average molecular weight is 631 g/mol. The number of aliphatic hydroxyl groups is 1. The number of amides is 3. The maximum absolute atomic E-state index is 13.6. The van der Waals surface area contributed by atoms with Crippen LogP contribution in [-0.2, 0) is 21.2 Å². The van der Waals surface area contributed by atoms with Gasteiger partial charge in [0.2, 0.25) is 15.9 Å². The molecule has 0 saturated carbocycles. The summed E-state index contributed by atoms with van der Waals surface area (Å²) in [4.78, 5) is 28.4. The molecule has 0 unspecified atom stereocenters. The third-order valence-electron chi connectivity index (χ3n) is 8.10. The summed E-state index contributed by atoms with van der Waals surface area (Å²) in [5.74, 6) is -0.0765. The highest BCUT2D eigenvalue weighted by atomic mass is 32.2. The van der Waals surface area contributed by atoms with Crippen LogP contribution in [0, 0.1) is 5.92 Å². The zero-order valence-electron chi connectivity index (χ0n) is 25.5. The van der Waals surface area contributed by atoms with Crippen molar-refractivity contribution in [2.24, 2.45) is 5.92 Å². The second-order valence-electron chi connectivity index (χ2n) is 11.4. The summed E-state index contributed by atoms with van der Waals surface area (Å²) >= 11 is 0. The Kier molecular flexibility index (Phi) is 9.71. The number of aliphatic hydroxyl groups excluding tert-OH is 1. The highest BCUT2D eigenvalue weighted by Crippen LogP contribution is 2.30. The Bertz CT molecular complexity index is 1780. The van der Waals surface area contributed by atoms with Crippen molar-refractivity contribution in [2.75, 3.05) is 37.4 Å². The number of carbonyl (C=O) groups is 2. The molecule has 1 aliphatic rings. The van der Waals surface area contributed by atoms with Gasteiger partial charge in [0.05, 0.1) is 36.2 Å². The number of hydrogen-bond acceptors (Lipinski definition) is 6. The second kappa shape index (κ2) is 13.7. The molecule has 0 saturated heterocycles. The van der Waals surface area contributed by atoms with Gasteiger partial charge < -0.3 is 25.4 Å². The standard InChI is InChI=1S/C34H38N4O6S/c1-23-20-38(24(2)22-39)33(40)19-26-18-27(35-34(41)36-30-15-9-11-25-10-7-8-14-29(25)30)16-17-31(26)44-32(23)21-37(3)45(42,43)28-12-5-4-6-13-28/h4-18,23-24,32,39H,19-22H2,1-3H3,(H2,35,36,41)/t23-,24+,32+/m1/s1. The van der Waals surface area contributed by atoms with Crippen molar-refractivity contribution in [1.29, 1.82) is 0 Å². The number of nitrogens with one attached hydrogen (secondary N) is 2. The lowest BCUT2D eigenvalue weighted by atomic mass is 10.0. The van der Waals surface area contributed by atoms with Crippen molar-refractivity contribution in [2.45, 2.75) is 37.3 Å². The van der Waals surface area contributed by atoms with Crippen LogP contribution in [0.3, 0.4) is 0 Å². The summed E-state index contributed by atoms with van der Waals surface area (Å²) in [5.41, 5.74) is 1.65. The molecule has 10 nitrogen and oxygen atoms in total. The number of nitrogens with zero attached hydrogens (tertiary/aromatic N) is 2. The largest absolute Gasteiger partial charge is 0.488 e. The van der Waals surface area contributed by atoms with Crippen molar-refractivity contribution >= 4 is 44.1 Å². The Morgan fingerprint density at radius 1 is 1.02 bits per heavy atom. The molecular weight excluding hydrogens is 592 g/mol. The van der Waals surface area contributed by atoms with E-state index in [1.54, 1.807) is 60.4 Å². The van der Waals surface area contributed by atoms with Gasteiger partial charge in [0, 0.05) is 36.1 Å². The van der Waals surface area contributed by atoms with E-state index >= 15 is 0 Å². The highest BCUT2D eigenvalue weighted by Gasteiger charge is 2.33. The van der Waals surface area contributed by atoms with E-state index in [0.717, 1.165) is 10.8 Å². The Labute approximate surface area is 263 Å². The van der Waals surface area contributed by atoms with Crippen LogP contribution in [0.4, 0.5) is 16.2 Å². The van der Waals surface area contributed by atoms with Crippen LogP contribution in [0.1, 0.15) is 19.4 Å². The molecule has 3 atom stereocenters. The minimum Gasteiger partial charge on any atom is -0.488 e.